The van der Waals surface area contributed by atoms with E-state index in [1.165, 1.54) is 0 Å². The minimum absolute atomic E-state index is 0.0774. The third-order valence-electron chi connectivity index (χ3n) is 2.82. The lowest BCUT2D eigenvalue weighted by molar-refractivity contribution is -0.137. The predicted octanol–water partition coefficient (Wildman–Crippen LogP) is 2.04. The molecule has 0 aliphatic heterocycles. The van der Waals surface area contributed by atoms with E-state index < -0.39 is 11.9 Å². The highest BCUT2D eigenvalue weighted by Gasteiger charge is 2.27. The molecule has 0 aliphatic rings. The van der Waals surface area contributed by atoms with Crippen LogP contribution in [0.1, 0.15) is 39.0 Å². The van der Waals surface area contributed by atoms with Crippen molar-refractivity contribution in [3.8, 4) is 0 Å². The second-order valence-electron chi connectivity index (χ2n) is 3.80. The fraction of sp³-hybridized carbons (Fsp3) is 0.800. The van der Waals surface area contributed by atoms with E-state index in [1.54, 1.807) is 0 Å². The van der Waals surface area contributed by atoms with Crippen molar-refractivity contribution >= 4 is 24.6 Å². The van der Waals surface area contributed by atoms with Crippen molar-refractivity contribution in [3.63, 3.8) is 0 Å². The van der Waals surface area contributed by atoms with E-state index in [0.717, 1.165) is 6.42 Å². The van der Waals surface area contributed by atoms with E-state index in [0.29, 0.717) is 18.6 Å². The Morgan fingerprint density at radius 2 is 1.53 bits per heavy atom. The second-order valence-corrected chi connectivity index (χ2v) is 4.12. The summed E-state index contributed by atoms with van der Waals surface area (Å²) in [5, 5.41) is 17.2. The smallest absolute Gasteiger partial charge is 0.303 e. The van der Waals surface area contributed by atoms with Crippen molar-refractivity contribution in [1.82, 2.24) is 0 Å². The molecule has 0 atom stereocenters. The Hall–Kier alpha value is -0.710. The number of carboxylic acids is 2. The number of rotatable bonds is 8. The molecule has 0 amide bonds. The van der Waals surface area contributed by atoms with Crippen LogP contribution in [0, 0.1) is 5.41 Å². The lowest BCUT2D eigenvalue weighted by Crippen LogP contribution is -2.24. The summed E-state index contributed by atoms with van der Waals surface area (Å²) >= 11 is 4.20. The molecule has 4 nitrogen and oxygen atoms in total. The van der Waals surface area contributed by atoms with Gasteiger partial charge in [0.1, 0.15) is 0 Å². The average Bonchev–Trinajstić information content (AvgIpc) is 2.19. The zero-order valence-electron chi connectivity index (χ0n) is 8.90. The van der Waals surface area contributed by atoms with Crippen LogP contribution in [0.25, 0.3) is 0 Å². The molecule has 0 unspecified atom stereocenters. The molecule has 0 aromatic rings. The monoisotopic (exact) mass is 234 g/mol. The van der Waals surface area contributed by atoms with Crippen molar-refractivity contribution < 1.29 is 19.8 Å². The number of aliphatic carboxylic acids is 2. The summed E-state index contributed by atoms with van der Waals surface area (Å²) in [4.78, 5) is 20.9. The van der Waals surface area contributed by atoms with Crippen LogP contribution in [0.5, 0.6) is 0 Å². The Balaban J connectivity index is 4.29. The maximum absolute atomic E-state index is 10.5. The molecule has 0 aromatic carbocycles. The van der Waals surface area contributed by atoms with Crippen LogP contribution in [-0.2, 0) is 9.59 Å². The molecule has 0 heterocycles. The third kappa shape index (κ3) is 5.67. The van der Waals surface area contributed by atoms with Gasteiger partial charge in [-0.3, -0.25) is 9.59 Å². The highest BCUT2D eigenvalue weighted by molar-refractivity contribution is 7.80. The van der Waals surface area contributed by atoms with Crippen LogP contribution in [0.3, 0.4) is 0 Å². The minimum Gasteiger partial charge on any atom is -0.481 e. The van der Waals surface area contributed by atoms with E-state index >= 15 is 0 Å². The van der Waals surface area contributed by atoms with E-state index in [1.807, 2.05) is 6.92 Å². The summed E-state index contributed by atoms with van der Waals surface area (Å²) < 4.78 is 0. The molecule has 0 rings (SSSR count). The SMILES string of the molecule is CCC(CS)(CCC(=O)O)CCC(=O)O. The Kier molecular flexibility index (Phi) is 6.40. The number of hydrogen-bond acceptors (Lipinski definition) is 3. The van der Waals surface area contributed by atoms with Gasteiger partial charge in [0, 0.05) is 12.8 Å². The molecule has 15 heavy (non-hydrogen) atoms. The molecule has 0 fully saturated rings. The van der Waals surface area contributed by atoms with Gasteiger partial charge in [0.2, 0.25) is 0 Å². The van der Waals surface area contributed by atoms with E-state index in [2.05, 4.69) is 12.6 Å². The predicted molar refractivity (Wildman–Crippen MR) is 60.3 cm³/mol. The average molecular weight is 234 g/mol. The fourth-order valence-corrected chi connectivity index (χ4v) is 2.03. The standard InChI is InChI=1S/C10H18O4S/c1-2-10(7-15,5-3-8(11)12)6-4-9(13)14/h15H,2-7H2,1H3,(H,11,12)(H,13,14). The summed E-state index contributed by atoms with van der Waals surface area (Å²) in [6.45, 7) is 1.94. The molecule has 2 N–H and O–H groups in total. The summed E-state index contributed by atoms with van der Waals surface area (Å²) in [7, 11) is 0. The molecule has 5 heteroatoms. The van der Waals surface area contributed by atoms with Gasteiger partial charge >= 0.3 is 11.9 Å². The molecule has 0 saturated heterocycles. The second kappa shape index (κ2) is 6.71. The zero-order valence-corrected chi connectivity index (χ0v) is 9.80. The van der Waals surface area contributed by atoms with Crippen molar-refractivity contribution in [2.45, 2.75) is 39.0 Å². The fourth-order valence-electron chi connectivity index (χ4n) is 1.49. The first-order chi connectivity index (χ1) is 6.95. The lowest BCUT2D eigenvalue weighted by atomic mass is 9.78. The van der Waals surface area contributed by atoms with Gasteiger partial charge in [0.15, 0.2) is 0 Å². The highest BCUT2D eigenvalue weighted by Crippen LogP contribution is 2.34. The maximum Gasteiger partial charge on any atom is 0.303 e. The van der Waals surface area contributed by atoms with Gasteiger partial charge in [-0.25, -0.2) is 0 Å². The van der Waals surface area contributed by atoms with Gasteiger partial charge < -0.3 is 10.2 Å². The highest BCUT2D eigenvalue weighted by atomic mass is 32.1. The minimum atomic E-state index is -0.843. The van der Waals surface area contributed by atoms with Crippen molar-refractivity contribution in [2.75, 3.05) is 5.75 Å². The van der Waals surface area contributed by atoms with Crippen LogP contribution in [0.4, 0.5) is 0 Å². The molecular formula is C10H18O4S. The van der Waals surface area contributed by atoms with Crippen molar-refractivity contribution in [2.24, 2.45) is 5.41 Å². The van der Waals surface area contributed by atoms with E-state index in [-0.39, 0.29) is 18.3 Å². The Morgan fingerprint density at radius 1 is 1.13 bits per heavy atom. The van der Waals surface area contributed by atoms with Gasteiger partial charge in [0.25, 0.3) is 0 Å². The Labute approximate surface area is 95.1 Å². The van der Waals surface area contributed by atoms with Crippen LogP contribution in [-0.4, -0.2) is 27.9 Å². The largest absolute Gasteiger partial charge is 0.481 e. The summed E-state index contributed by atoms with van der Waals surface area (Å²) in [5.74, 6) is -1.15. The third-order valence-corrected chi connectivity index (χ3v) is 3.49. The quantitative estimate of drug-likeness (QED) is 0.562. The first kappa shape index (κ1) is 14.3. The van der Waals surface area contributed by atoms with Gasteiger partial charge in [-0.1, -0.05) is 6.92 Å². The number of thiol groups is 1. The Bertz CT molecular complexity index is 203. The van der Waals surface area contributed by atoms with E-state index in [9.17, 15) is 9.59 Å². The number of hydrogen-bond donors (Lipinski definition) is 3. The van der Waals surface area contributed by atoms with Crippen LogP contribution < -0.4 is 0 Å². The number of carbonyl (C=O) groups is 2. The van der Waals surface area contributed by atoms with Crippen molar-refractivity contribution in [3.05, 3.63) is 0 Å². The van der Waals surface area contributed by atoms with Crippen LogP contribution in [0.15, 0.2) is 0 Å². The normalized spacial score (nSPS) is 11.3. The molecule has 88 valence electrons. The number of carboxylic acid groups (broad SMARTS) is 2. The molecule has 0 spiro atoms. The van der Waals surface area contributed by atoms with Gasteiger partial charge in [-0.2, -0.15) is 12.6 Å². The molecular weight excluding hydrogens is 216 g/mol. The first-order valence-corrected chi connectivity index (χ1v) is 5.63. The molecule has 0 radical (unpaired) electrons. The summed E-state index contributed by atoms with van der Waals surface area (Å²) in [5.41, 5.74) is -0.250. The lowest BCUT2D eigenvalue weighted by Gasteiger charge is -2.30. The van der Waals surface area contributed by atoms with Gasteiger partial charge in [-0.05, 0) is 30.4 Å². The molecule has 0 aromatic heterocycles. The topological polar surface area (TPSA) is 74.6 Å². The summed E-state index contributed by atoms with van der Waals surface area (Å²) in [6, 6.07) is 0. The van der Waals surface area contributed by atoms with Crippen LogP contribution in [0.2, 0.25) is 0 Å². The zero-order chi connectivity index (χ0) is 11.9. The van der Waals surface area contributed by atoms with Gasteiger partial charge in [-0.15, -0.1) is 0 Å². The van der Waals surface area contributed by atoms with E-state index in [4.69, 9.17) is 10.2 Å². The van der Waals surface area contributed by atoms with Crippen molar-refractivity contribution in [1.29, 1.82) is 0 Å². The molecule has 0 bridgehead atoms. The molecule has 0 saturated carbocycles. The molecule has 0 aliphatic carbocycles. The Morgan fingerprint density at radius 3 is 1.73 bits per heavy atom. The summed E-state index contributed by atoms with van der Waals surface area (Å²) in [6.07, 6.45) is 1.91. The van der Waals surface area contributed by atoms with Gasteiger partial charge in [0.05, 0.1) is 0 Å². The maximum atomic E-state index is 10.5. The van der Waals surface area contributed by atoms with Crippen LogP contribution >= 0.6 is 12.6 Å². The first-order valence-electron chi connectivity index (χ1n) is 5.00.